The lowest BCUT2D eigenvalue weighted by molar-refractivity contribution is 0.337. The van der Waals surface area contributed by atoms with Gasteiger partial charge in [-0.15, -0.1) is 0 Å². The number of ether oxygens (including phenoxy) is 1. The van der Waals surface area contributed by atoms with Crippen LogP contribution in [-0.2, 0) is 4.74 Å². The number of hydrogen-bond donors (Lipinski definition) is 1. The molecule has 0 radical (unpaired) electrons. The molecule has 3 heteroatoms. The summed E-state index contributed by atoms with van der Waals surface area (Å²) in [6.45, 7) is 1.95. The van der Waals surface area contributed by atoms with Gasteiger partial charge in [-0.05, 0) is 25.5 Å². The second kappa shape index (κ2) is 7.43. The van der Waals surface area contributed by atoms with Gasteiger partial charge in [-0.1, -0.05) is 12.2 Å². The Bertz CT molecular complexity index is 205. The van der Waals surface area contributed by atoms with Crippen LogP contribution in [-0.4, -0.2) is 19.2 Å². The van der Waals surface area contributed by atoms with Gasteiger partial charge in [0.2, 0.25) is 0 Å². The molecule has 0 unspecified atom stereocenters. The van der Waals surface area contributed by atoms with E-state index < -0.39 is 0 Å². The van der Waals surface area contributed by atoms with E-state index in [0.717, 1.165) is 12.1 Å². The van der Waals surface area contributed by atoms with E-state index in [4.69, 9.17) is 10.6 Å². The van der Waals surface area contributed by atoms with E-state index in [1.165, 1.54) is 0 Å². The third-order valence-electron chi connectivity index (χ3n) is 1.50. The summed E-state index contributed by atoms with van der Waals surface area (Å²) in [5, 5.41) is 1.58. The van der Waals surface area contributed by atoms with Crippen molar-refractivity contribution in [3.8, 4) is 0 Å². The summed E-state index contributed by atoms with van der Waals surface area (Å²) >= 11 is 0. The largest absolute Gasteiger partial charge is 0.505 e. The predicted octanol–water partition coefficient (Wildman–Crippen LogP) is 1.80. The van der Waals surface area contributed by atoms with Crippen molar-refractivity contribution in [3.05, 3.63) is 36.3 Å². The number of nitrogens with zero attached hydrogens (tertiary/aromatic N) is 1. The van der Waals surface area contributed by atoms with Crippen LogP contribution in [0.1, 0.15) is 13.3 Å². The minimum Gasteiger partial charge on any atom is -0.505 e. The highest BCUT2D eigenvalue weighted by molar-refractivity contribution is 5.15. The SMILES string of the molecule is C/C=C(/C=CC/C=C/OC)N(C)N. The molecule has 0 bridgehead atoms. The Morgan fingerprint density at radius 2 is 2.15 bits per heavy atom. The number of allylic oxidation sites excluding steroid dienone is 4. The lowest BCUT2D eigenvalue weighted by Gasteiger charge is -2.11. The monoisotopic (exact) mass is 182 g/mol. The number of rotatable bonds is 5. The van der Waals surface area contributed by atoms with Gasteiger partial charge in [-0.3, -0.25) is 0 Å². The van der Waals surface area contributed by atoms with Crippen LogP contribution in [0.2, 0.25) is 0 Å². The molecule has 0 aliphatic heterocycles. The zero-order chi connectivity index (χ0) is 10.1. The van der Waals surface area contributed by atoms with Gasteiger partial charge >= 0.3 is 0 Å². The maximum atomic E-state index is 5.56. The summed E-state index contributed by atoms with van der Waals surface area (Å²) in [6.07, 6.45) is 10.4. The van der Waals surface area contributed by atoms with Crippen LogP contribution in [0.3, 0.4) is 0 Å². The van der Waals surface area contributed by atoms with Gasteiger partial charge < -0.3 is 9.75 Å². The summed E-state index contributed by atoms with van der Waals surface area (Å²) in [6, 6.07) is 0. The molecule has 0 heterocycles. The molecule has 0 aliphatic carbocycles. The molecule has 0 saturated heterocycles. The maximum absolute atomic E-state index is 5.56. The number of nitrogens with two attached hydrogens (primary N) is 1. The molecular weight excluding hydrogens is 164 g/mol. The minimum absolute atomic E-state index is 0.846. The van der Waals surface area contributed by atoms with E-state index in [1.54, 1.807) is 18.4 Å². The Balaban J connectivity index is 3.89. The van der Waals surface area contributed by atoms with Crippen molar-refractivity contribution < 1.29 is 4.74 Å². The van der Waals surface area contributed by atoms with E-state index in [-0.39, 0.29) is 0 Å². The second-order valence-electron chi connectivity index (χ2n) is 2.57. The quantitative estimate of drug-likeness (QED) is 0.305. The molecule has 3 nitrogen and oxygen atoms in total. The molecule has 2 N–H and O–H groups in total. The molecule has 0 aliphatic rings. The number of hydrogen-bond acceptors (Lipinski definition) is 3. The summed E-state index contributed by atoms with van der Waals surface area (Å²) in [5.41, 5.74) is 0.991. The van der Waals surface area contributed by atoms with Gasteiger partial charge in [-0.25, -0.2) is 5.84 Å². The smallest absolute Gasteiger partial charge is 0.0787 e. The van der Waals surface area contributed by atoms with Crippen molar-refractivity contribution in [3.63, 3.8) is 0 Å². The van der Waals surface area contributed by atoms with E-state index in [2.05, 4.69) is 0 Å². The Morgan fingerprint density at radius 3 is 2.62 bits per heavy atom. The summed E-state index contributed by atoms with van der Waals surface area (Å²) < 4.78 is 4.76. The van der Waals surface area contributed by atoms with Gasteiger partial charge in [0, 0.05) is 12.7 Å². The first-order valence-corrected chi connectivity index (χ1v) is 4.21. The average Bonchev–Trinajstić information content (AvgIpc) is 2.10. The van der Waals surface area contributed by atoms with Crippen LogP contribution in [0.25, 0.3) is 0 Å². The lowest BCUT2D eigenvalue weighted by atomic mass is 10.3. The maximum Gasteiger partial charge on any atom is 0.0787 e. The molecule has 0 fully saturated rings. The fourth-order valence-electron chi connectivity index (χ4n) is 0.837. The van der Waals surface area contributed by atoms with Crippen molar-refractivity contribution in [2.75, 3.05) is 14.2 Å². The van der Waals surface area contributed by atoms with Crippen LogP contribution in [0.4, 0.5) is 0 Å². The first-order valence-electron chi connectivity index (χ1n) is 4.21. The van der Waals surface area contributed by atoms with E-state index in [1.807, 2.05) is 38.3 Å². The topological polar surface area (TPSA) is 38.5 Å². The van der Waals surface area contributed by atoms with Gasteiger partial charge in [0.1, 0.15) is 0 Å². The first-order chi connectivity index (χ1) is 6.22. The number of methoxy groups -OCH3 is 1. The molecule has 0 aromatic carbocycles. The number of likely N-dealkylation sites (N-methyl/N-ethyl adjacent to an activating group) is 1. The Morgan fingerprint density at radius 1 is 1.46 bits per heavy atom. The normalized spacial score (nSPS) is 12.8. The van der Waals surface area contributed by atoms with Crippen molar-refractivity contribution in [1.29, 1.82) is 0 Å². The molecule has 13 heavy (non-hydrogen) atoms. The van der Waals surface area contributed by atoms with Crippen molar-refractivity contribution in [1.82, 2.24) is 5.01 Å². The Hall–Kier alpha value is -1.22. The molecule has 0 amide bonds. The van der Waals surface area contributed by atoms with Crippen molar-refractivity contribution in [2.24, 2.45) is 5.84 Å². The zero-order valence-corrected chi connectivity index (χ0v) is 8.53. The highest BCUT2D eigenvalue weighted by atomic mass is 16.5. The van der Waals surface area contributed by atoms with Crippen LogP contribution in [0.5, 0.6) is 0 Å². The molecule has 0 spiro atoms. The van der Waals surface area contributed by atoms with E-state index >= 15 is 0 Å². The molecule has 0 saturated carbocycles. The zero-order valence-electron chi connectivity index (χ0n) is 8.53. The summed E-state index contributed by atoms with van der Waals surface area (Å²) in [7, 11) is 3.44. The molecule has 0 atom stereocenters. The van der Waals surface area contributed by atoms with Gasteiger partial charge in [-0.2, -0.15) is 0 Å². The fraction of sp³-hybridized carbons (Fsp3) is 0.400. The van der Waals surface area contributed by atoms with Gasteiger partial charge in [0.05, 0.1) is 13.4 Å². The van der Waals surface area contributed by atoms with Crippen molar-refractivity contribution >= 4 is 0 Å². The Kier molecular flexibility index (Phi) is 6.73. The predicted molar refractivity (Wildman–Crippen MR) is 55.6 cm³/mol. The fourth-order valence-corrected chi connectivity index (χ4v) is 0.837. The minimum atomic E-state index is 0.846. The molecule has 74 valence electrons. The van der Waals surface area contributed by atoms with Crippen LogP contribution < -0.4 is 5.84 Å². The Labute approximate surface area is 80.1 Å². The summed E-state index contributed by atoms with van der Waals surface area (Å²) in [4.78, 5) is 0. The van der Waals surface area contributed by atoms with Crippen LogP contribution in [0, 0.1) is 0 Å². The molecule has 0 rings (SSSR count). The van der Waals surface area contributed by atoms with E-state index in [0.29, 0.717) is 0 Å². The van der Waals surface area contributed by atoms with E-state index in [9.17, 15) is 0 Å². The third kappa shape index (κ3) is 5.99. The summed E-state index contributed by atoms with van der Waals surface area (Å²) in [5.74, 6) is 5.56. The molecule has 0 aromatic heterocycles. The van der Waals surface area contributed by atoms with Gasteiger partial charge in [0.25, 0.3) is 0 Å². The van der Waals surface area contributed by atoms with Crippen LogP contribution in [0.15, 0.2) is 36.3 Å². The van der Waals surface area contributed by atoms with Crippen molar-refractivity contribution in [2.45, 2.75) is 13.3 Å². The molecule has 0 aromatic rings. The highest BCUT2D eigenvalue weighted by Crippen LogP contribution is 1.99. The standard InChI is InChI=1S/C10H18N2O/c1-4-10(12(2)11)8-6-5-7-9-13-3/h4,6-9H,5,11H2,1-3H3/b8-6?,9-7+,10-4-. The first kappa shape index (κ1) is 11.8. The lowest BCUT2D eigenvalue weighted by Crippen LogP contribution is -2.23. The van der Waals surface area contributed by atoms with Gasteiger partial charge in [0.15, 0.2) is 0 Å². The molecular formula is C10H18N2O. The van der Waals surface area contributed by atoms with Crippen LogP contribution >= 0.6 is 0 Å². The second-order valence-corrected chi connectivity index (χ2v) is 2.57. The average molecular weight is 182 g/mol. The highest BCUT2D eigenvalue weighted by Gasteiger charge is 1.90. The number of hydrazine groups is 1. The third-order valence-corrected chi connectivity index (χ3v) is 1.50.